The Morgan fingerprint density at radius 1 is 1.18 bits per heavy atom. The third kappa shape index (κ3) is 3.95. The first-order chi connectivity index (χ1) is 15.7. The van der Waals surface area contributed by atoms with Crippen molar-refractivity contribution in [1.82, 2.24) is 9.78 Å². The first-order valence-electron chi connectivity index (χ1n) is 11.0. The Morgan fingerprint density at radius 2 is 1.97 bits per heavy atom. The fraction of sp³-hybridized carbons (Fsp3) is 0.269. The molecule has 5 rings (SSSR count). The van der Waals surface area contributed by atoms with Gasteiger partial charge in [0.15, 0.2) is 5.78 Å². The Balaban J connectivity index is 1.60. The fourth-order valence-electron chi connectivity index (χ4n) is 4.78. The highest BCUT2D eigenvalue weighted by Gasteiger charge is 2.42. The number of anilines is 2. The van der Waals surface area contributed by atoms with Crippen LogP contribution in [0, 0.1) is 12.3 Å². The Hall–Kier alpha value is -3.38. The van der Waals surface area contributed by atoms with Crippen LogP contribution in [-0.2, 0) is 4.79 Å². The minimum absolute atomic E-state index is 0.0886. The van der Waals surface area contributed by atoms with Crippen molar-refractivity contribution in [2.45, 2.75) is 39.7 Å². The van der Waals surface area contributed by atoms with Gasteiger partial charge in [-0.15, -0.1) is 0 Å². The summed E-state index contributed by atoms with van der Waals surface area (Å²) in [5, 5.41) is 11.5. The second kappa shape index (κ2) is 7.89. The molecule has 33 heavy (non-hydrogen) atoms. The molecule has 3 aromatic rings. The number of rotatable bonds is 3. The van der Waals surface area contributed by atoms with Gasteiger partial charge in [-0.2, -0.15) is 5.10 Å². The molecule has 2 heterocycles. The van der Waals surface area contributed by atoms with Crippen molar-refractivity contribution >= 4 is 34.8 Å². The highest BCUT2D eigenvalue weighted by atomic mass is 35.5. The van der Waals surface area contributed by atoms with Gasteiger partial charge in [-0.05, 0) is 54.2 Å². The molecule has 2 aromatic carbocycles. The summed E-state index contributed by atoms with van der Waals surface area (Å²) in [6, 6.07) is 14.7. The summed E-state index contributed by atoms with van der Waals surface area (Å²) >= 11 is 6.30. The largest absolute Gasteiger partial charge is 0.343 e. The molecule has 0 spiro atoms. The molecule has 0 bridgehead atoms. The van der Waals surface area contributed by atoms with E-state index in [1.165, 1.54) is 0 Å². The number of aryl methyl sites for hydroxylation is 1. The summed E-state index contributed by atoms with van der Waals surface area (Å²) in [5.74, 6) is 0.407. The van der Waals surface area contributed by atoms with E-state index < -0.39 is 6.04 Å². The number of allylic oxidation sites excluding steroid dienone is 2. The number of fused-ring (bicyclic) bond motifs is 1. The zero-order chi connectivity index (χ0) is 23.3. The van der Waals surface area contributed by atoms with Gasteiger partial charge in [-0.3, -0.25) is 9.59 Å². The SMILES string of the molecule is Cc1cccc(NC(=O)c2cnn3c2NC2=C(C(=O)CC(C)(C)C2)[C@H]3c2cccc(Cl)c2)c1. The van der Waals surface area contributed by atoms with Gasteiger partial charge < -0.3 is 10.6 Å². The van der Waals surface area contributed by atoms with Crippen molar-refractivity contribution in [2.75, 3.05) is 10.6 Å². The van der Waals surface area contributed by atoms with Crippen molar-refractivity contribution < 1.29 is 9.59 Å². The average Bonchev–Trinajstić information content (AvgIpc) is 3.15. The van der Waals surface area contributed by atoms with Crippen LogP contribution >= 0.6 is 11.6 Å². The second-order valence-corrected chi connectivity index (χ2v) is 10.0. The van der Waals surface area contributed by atoms with Crippen LogP contribution in [0.4, 0.5) is 11.5 Å². The number of amides is 1. The first kappa shape index (κ1) is 21.5. The molecule has 1 aromatic heterocycles. The lowest BCUT2D eigenvalue weighted by Crippen LogP contribution is -2.37. The lowest BCUT2D eigenvalue weighted by molar-refractivity contribution is -0.118. The Labute approximate surface area is 197 Å². The molecule has 1 aliphatic heterocycles. The number of Topliss-reactive ketones (excluding diaryl/α,β-unsaturated/α-hetero) is 1. The Kier molecular flexibility index (Phi) is 5.13. The number of halogens is 1. The van der Waals surface area contributed by atoms with Crippen LogP contribution in [0.15, 0.2) is 66.0 Å². The third-order valence-electron chi connectivity index (χ3n) is 6.19. The monoisotopic (exact) mass is 460 g/mol. The van der Waals surface area contributed by atoms with Crippen LogP contribution in [-0.4, -0.2) is 21.5 Å². The van der Waals surface area contributed by atoms with Crippen LogP contribution < -0.4 is 10.6 Å². The minimum atomic E-state index is -0.445. The number of benzene rings is 2. The van der Waals surface area contributed by atoms with Gasteiger partial charge in [0.05, 0.1) is 6.20 Å². The molecule has 7 heteroatoms. The van der Waals surface area contributed by atoms with Crippen molar-refractivity contribution in [3.8, 4) is 0 Å². The van der Waals surface area contributed by atoms with Gasteiger partial charge in [0.2, 0.25) is 0 Å². The molecule has 0 saturated carbocycles. The molecule has 1 aliphatic carbocycles. The maximum Gasteiger partial charge on any atom is 0.261 e. The molecule has 0 unspecified atom stereocenters. The highest BCUT2D eigenvalue weighted by molar-refractivity contribution is 6.30. The third-order valence-corrected chi connectivity index (χ3v) is 6.42. The lowest BCUT2D eigenvalue weighted by atomic mass is 9.73. The fourth-order valence-corrected chi connectivity index (χ4v) is 4.98. The molecule has 1 atom stereocenters. The second-order valence-electron chi connectivity index (χ2n) is 9.59. The summed E-state index contributed by atoms with van der Waals surface area (Å²) in [6.45, 7) is 6.15. The number of nitrogens with one attached hydrogen (secondary N) is 2. The molecular formula is C26H25ClN4O2. The predicted octanol–water partition coefficient (Wildman–Crippen LogP) is 5.76. The van der Waals surface area contributed by atoms with E-state index in [1.54, 1.807) is 16.9 Å². The van der Waals surface area contributed by atoms with Gasteiger partial charge in [-0.25, -0.2) is 4.68 Å². The van der Waals surface area contributed by atoms with Crippen molar-refractivity contribution in [2.24, 2.45) is 5.41 Å². The lowest BCUT2D eigenvalue weighted by Gasteiger charge is -2.39. The Bertz CT molecular complexity index is 1320. The molecule has 0 fully saturated rings. The van der Waals surface area contributed by atoms with Crippen LogP contribution in [0.25, 0.3) is 0 Å². The normalized spacial score (nSPS) is 18.9. The van der Waals surface area contributed by atoms with E-state index in [4.69, 9.17) is 11.6 Å². The zero-order valence-corrected chi connectivity index (χ0v) is 19.5. The number of carbonyl (C=O) groups excluding carboxylic acids is 2. The highest BCUT2D eigenvalue weighted by Crippen LogP contribution is 2.46. The standard InChI is InChI=1S/C26H25ClN4O2/c1-15-6-4-9-18(10-15)29-25(33)19-14-28-31-23(16-7-5-8-17(27)11-16)22-20(30-24(19)31)12-26(2,3)13-21(22)32/h4-11,14,23,30H,12-13H2,1-3H3,(H,29,33)/t23-/m1/s1. The minimum Gasteiger partial charge on any atom is -0.343 e. The van der Waals surface area contributed by atoms with Crippen LogP contribution in [0.1, 0.15) is 54.2 Å². The zero-order valence-electron chi connectivity index (χ0n) is 18.8. The van der Waals surface area contributed by atoms with Crippen LogP contribution in [0.5, 0.6) is 0 Å². The van der Waals surface area contributed by atoms with Crippen LogP contribution in [0.3, 0.4) is 0 Å². The van der Waals surface area contributed by atoms with Crippen molar-refractivity contribution in [3.63, 3.8) is 0 Å². The van der Waals surface area contributed by atoms with E-state index >= 15 is 0 Å². The maximum absolute atomic E-state index is 13.3. The van der Waals surface area contributed by atoms with E-state index in [9.17, 15) is 9.59 Å². The van der Waals surface area contributed by atoms with E-state index in [-0.39, 0.29) is 17.1 Å². The van der Waals surface area contributed by atoms with E-state index in [1.807, 2.05) is 49.4 Å². The van der Waals surface area contributed by atoms with E-state index in [0.717, 1.165) is 22.5 Å². The van der Waals surface area contributed by atoms with Crippen LogP contribution in [0.2, 0.25) is 5.02 Å². The molecular weight excluding hydrogens is 436 g/mol. The number of aromatic nitrogens is 2. The number of hydrogen-bond acceptors (Lipinski definition) is 4. The average molecular weight is 461 g/mol. The van der Waals surface area contributed by atoms with E-state index in [0.29, 0.717) is 34.8 Å². The molecule has 0 saturated heterocycles. The molecule has 6 nitrogen and oxygen atoms in total. The number of nitrogens with zero attached hydrogens (tertiary/aromatic N) is 2. The summed E-state index contributed by atoms with van der Waals surface area (Å²) in [4.78, 5) is 26.5. The summed E-state index contributed by atoms with van der Waals surface area (Å²) in [5.41, 5.74) is 4.42. The van der Waals surface area contributed by atoms with Gasteiger partial charge in [0, 0.05) is 28.4 Å². The van der Waals surface area contributed by atoms with Gasteiger partial charge in [0.1, 0.15) is 17.4 Å². The molecule has 2 aliphatic rings. The molecule has 168 valence electrons. The summed E-state index contributed by atoms with van der Waals surface area (Å²) < 4.78 is 1.73. The Morgan fingerprint density at radius 3 is 2.73 bits per heavy atom. The summed E-state index contributed by atoms with van der Waals surface area (Å²) in [7, 11) is 0. The summed E-state index contributed by atoms with van der Waals surface area (Å²) in [6.07, 6.45) is 2.72. The molecule has 0 radical (unpaired) electrons. The maximum atomic E-state index is 13.3. The van der Waals surface area contributed by atoms with Crippen molar-refractivity contribution in [3.05, 3.63) is 87.7 Å². The molecule has 1 amide bonds. The topological polar surface area (TPSA) is 76.0 Å². The number of carbonyl (C=O) groups is 2. The predicted molar refractivity (Wildman–Crippen MR) is 130 cm³/mol. The van der Waals surface area contributed by atoms with E-state index in [2.05, 4.69) is 29.6 Å². The smallest absolute Gasteiger partial charge is 0.261 e. The molecule has 2 N–H and O–H groups in total. The van der Waals surface area contributed by atoms with Gasteiger partial charge >= 0.3 is 0 Å². The quantitative estimate of drug-likeness (QED) is 0.521. The number of ketones is 1. The number of hydrogen-bond donors (Lipinski definition) is 2. The van der Waals surface area contributed by atoms with Crippen molar-refractivity contribution in [1.29, 1.82) is 0 Å². The van der Waals surface area contributed by atoms with Gasteiger partial charge in [-0.1, -0.05) is 49.7 Å². The first-order valence-corrected chi connectivity index (χ1v) is 11.3. The van der Waals surface area contributed by atoms with Gasteiger partial charge in [0.25, 0.3) is 5.91 Å².